The Morgan fingerprint density at radius 2 is 0.827 bits per heavy atom. The molecular weight excluding hydrogens is 676 g/mol. The molecule has 4 rings (SSSR count). The van der Waals surface area contributed by atoms with Crippen LogP contribution in [0.3, 0.4) is 0 Å². The molecule has 0 aliphatic heterocycles. The van der Waals surface area contributed by atoms with Crippen LogP contribution in [0.25, 0.3) is 22.3 Å². The van der Waals surface area contributed by atoms with E-state index in [1.54, 1.807) is 12.1 Å². The predicted molar refractivity (Wildman–Crippen MR) is 187 cm³/mol. The van der Waals surface area contributed by atoms with E-state index in [0.717, 1.165) is 5.56 Å². The highest BCUT2D eigenvalue weighted by molar-refractivity contribution is 5.99. The summed E-state index contributed by atoms with van der Waals surface area (Å²) in [5.74, 6) is -6.09. The zero-order valence-corrected chi connectivity index (χ0v) is 28.8. The molecule has 0 bridgehead atoms. The number of aliphatic hydroxyl groups excluding tert-OH is 3. The highest BCUT2D eigenvalue weighted by Crippen LogP contribution is 2.58. The van der Waals surface area contributed by atoms with Crippen molar-refractivity contribution in [3.63, 3.8) is 0 Å². The maximum Gasteiger partial charge on any atom is 0.313 e. The molecule has 274 valence electrons. The molecule has 0 aromatic heterocycles. The van der Waals surface area contributed by atoms with Crippen LogP contribution in [0.4, 0.5) is 0 Å². The van der Waals surface area contributed by atoms with Crippen LogP contribution < -0.4 is 18.9 Å². The Kier molecular flexibility index (Phi) is 13.5. The van der Waals surface area contributed by atoms with Gasteiger partial charge in [0, 0.05) is 6.42 Å². The van der Waals surface area contributed by atoms with Crippen LogP contribution in [-0.4, -0.2) is 67.7 Å². The van der Waals surface area contributed by atoms with Gasteiger partial charge in [0.2, 0.25) is 0 Å². The summed E-state index contributed by atoms with van der Waals surface area (Å²) in [5, 5.41) is 50.3. The van der Waals surface area contributed by atoms with Crippen molar-refractivity contribution in [1.29, 1.82) is 0 Å². The Hall–Kier alpha value is -5.76. The summed E-state index contributed by atoms with van der Waals surface area (Å²) >= 11 is 0. The molecule has 0 fully saturated rings. The van der Waals surface area contributed by atoms with Gasteiger partial charge in [-0.2, -0.15) is 0 Å². The first-order valence-electron chi connectivity index (χ1n) is 16.4. The molecule has 0 amide bonds. The van der Waals surface area contributed by atoms with Gasteiger partial charge in [0.15, 0.2) is 23.0 Å². The third kappa shape index (κ3) is 10.9. The van der Waals surface area contributed by atoms with E-state index in [-0.39, 0.29) is 46.6 Å². The van der Waals surface area contributed by atoms with Gasteiger partial charge in [-0.25, -0.2) is 0 Å². The molecule has 0 radical (unpaired) electrons. The van der Waals surface area contributed by atoms with Gasteiger partial charge in [-0.05, 0) is 68.1 Å². The number of ether oxygens (including phenoxy) is 4. The van der Waals surface area contributed by atoms with Crippen LogP contribution in [0.15, 0.2) is 78.9 Å². The number of esters is 4. The first kappa shape index (κ1) is 39.0. The topological polar surface area (TPSA) is 206 Å². The average molecular weight is 717 g/mol. The summed E-state index contributed by atoms with van der Waals surface area (Å²) in [5.41, 5.74) is 0.589. The molecule has 13 heteroatoms. The Bertz CT molecular complexity index is 1860. The van der Waals surface area contributed by atoms with Crippen molar-refractivity contribution in [1.82, 2.24) is 0 Å². The van der Waals surface area contributed by atoms with Crippen molar-refractivity contribution in [2.45, 2.75) is 71.2 Å². The van der Waals surface area contributed by atoms with Crippen LogP contribution in [-0.2, 0) is 25.6 Å². The number of aromatic hydroxyl groups is 2. The number of carbonyl (C=O) groups is 4. The fourth-order valence-corrected chi connectivity index (χ4v) is 5.08. The minimum absolute atomic E-state index is 0.115. The number of hydrogen-bond donors (Lipinski definition) is 5. The fraction of sp³-hybridized carbons (Fsp3) is 0.282. The van der Waals surface area contributed by atoms with Gasteiger partial charge < -0.3 is 44.5 Å². The summed E-state index contributed by atoms with van der Waals surface area (Å²) < 4.78 is 23.4. The molecule has 3 atom stereocenters. The second kappa shape index (κ2) is 17.9. The van der Waals surface area contributed by atoms with Crippen molar-refractivity contribution in [2.24, 2.45) is 0 Å². The summed E-state index contributed by atoms with van der Waals surface area (Å²) in [6, 6.07) is 19.7. The lowest BCUT2D eigenvalue weighted by Gasteiger charge is -2.25. The normalized spacial score (nSPS) is 12.7. The molecule has 0 unspecified atom stereocenters. The van der Waals surface area contributed by atoms with E-state index in [0.29, 0.717) is 0 Å². The van der Waals surface area contributed by atoms with E-state index in [2.05, 4.69) is 0 Å². The minimum Gasteiger partial charge on any atom is -0.508 e. The smallest absolute Gasteiger partial charge is 0.313 e. The maximum absolute atomic E-state index is 13.7. The van der Waals surface area contributed by atoms with Crippen molar-refractivity contribution >= 4 is 23.9 Å². The Balaban J connectivity index is 2.13. The second-order valence-electron chi connectivity index (χ2n) is 12.2. The highest BCUT2D eigenvalue weighted by atomic mass is 16.6. The molecular formula is C39H40O13. The fourth-order valence-electron chi connectivity index (χ4n) is 5.08. The number of carbonyl (C=O) groups excluding carboxylic acids is 4. The van der Waals surface area contributed by atoms with Gasteiger partial charge >= 0.3 is 23.9 Å². The minimum atomic E-state index is -1.17. The largest absolute Gasteiger partial charge is 0.508 e. The number of phenols is 2. The van der Waals surface area contributed by atoms with E-state index in [9.17, 15) is 44.7 Å². The quantitative estimate of drug-likeness (QED) is 0.0812. The van der Waals surface area contributed by atoms with E-state index < -0.39 is 84.4 Å². The van der Waals surface area contributed by atoms with Crippen LogP contribution in [0.1, 0.15) is 52.0 Å². The number of aryl methyl sites for hydroxylation is 1. The van der Waals surface area contributed by atoms with E-state index in [4.69, 9.17) is 18.9 Å². The third-order valence-electron chi connectivity index (χ3n) is 7.34. The lowest BCUT2D eigenvalue weighted by atomic mass is 9.94. The summed E-state index contributed by atoms with van der Waals surface area (Å²) in [6.07, 6.45) is -5.00. The Morgan fingerprint density at radius 3 is 1.15 bits per heavy atom. The van der Waals surface area contributed by atoms with Crippen LogP contribution in [0.5, 0.6) is 34.5 Å². The third-order valence-corrected chi connectivity index (χ3v) is 7.34. The molecule has 4 aromatic rings. The zero-order chi connectivity index (χ0) is 37.9. The molecule has 0 heterocycles. The first-order valence-corrected chi connectivity index (χ1v) is 16.4. The summed E-state index contributed by atoms with van der Waals surface area (Å²) in [4.78, 5) is 53.5. The van der Waals surface area contributed by atoms with Crippen molar-refractivity contribution in [3.05, 3.63) is 84.4 Å². The predicted octanol–water partition coefficient (Wildman–Crippen LogP) is 5.00. The van der Waals surface area contributed by atoms with Gasteiger partial charge in [0.25, 0.3) is 0 Å². The Labute approximate surface area is 299 Å². The van der Waals surface area contributed by atoms with Crippen LogP contribution >= 0.6 is 0 Å². The van der Waals surface area contributed by atoms with Gasteiger partial charge in [-0.1, -0.05) is 54.6 Å². The molecule has 52 heavy (non-hydrogen) atoms. The summed E-state index contributed by atoms with van der Waals surface area (Å²) in [6.45, 7) is 4.04. The molecule has 0 spiro atoms. The second-order valence-corrected chi connectivity index (χ2v) is 12.2. The first-order chi connectivity index (χ1) is 24.7. The molecule has 0 saturated carbocycles. The van der Waals surface area contributed by atoms with E-state index in [1.165, 1.54) is 69.3 Å². The molecule has 13 nitrogen and oxygen atoms in total. The highest BCUT2D eigenvalue weighted by Gasteiger charge is 2.35. The number of rotatable bonds is 15. The standard InChI is InChI=1S/C39H40O13/c1-22(40)19-31(46)50-37-35(27-12-16-29(44)17-13-27)39(52-33(48)21-24(3)42)38(51-32(47)20-23(2)41)34(26-10-14-28(43)15-11-26)36(37)49-30(45)18-9-25-7-5-4-6-8-25/h4-8,10-17,22-24,40-44H,9,18-21H2,1-3H3/t22-,23-,24+/m0/s1. The number of benzene rings is 4. The molecule has 4 aromatic carbocycles. The number of aliphatic hydroxyl groups is 3. The van der Waals surface area contributed by atoms with Crippen molar-refractivity contribution in [2.75, 3.05) is 0 Å². The molecule has 5 N–H and O–H groups in total. The molecule has 0 aliphatic carbocycles. The zero-order valence-electron chi connectivity index (χ0n) is 28.8. The van der Waals surface area contributed by atoms with Crippen molar-refractivity contribution < 1.29 is 63.7 Å². The lowest BCUT2D eigenvalue weighted by Crippen LogP contribution is -2.21. The molecule has 0 saturated heterocycles. The maximum atomic E-state index is 13.7. The van der Waals surface area contributed by atoms with Crippen molar-refractivity contribution in [3.8, 4) is 56.8 Å². The lowest BCUT2D eigenvalue weighted by molar-refractivity contribution is -0.139. The average Bonchev–Trinajstić information content (AvgIpc) is 3.06. The van der Waals surface area contributed by atoms with E-state index in [1.807, 2.05) is 18.2 Å². The van der Waals surface area contributed by atoms with Gasteiger partial charge in [-0.3, -0.25) is 19.2 Å². The number of hydrogen-bond acceptors (Lipinski definition) is 13. The van der Waals surface area contributed by atoms with Crippen LogP contribution in [0, 0.1) is 0 Å². The SMILES string of the molecule is C[C@H](O)CC(=O)Oc1c(OC(=O)C[C@@H](C)O)c(-c2ccc(O)cc2)c(OC(=O)C[C@H](C)O)c(OC(=O)CCc2ccccc2)c1-c1ccc(O)cc1. The van der Waals surface area contributed by atoms with Crippen LogP contribution in [0.2, 0.25) is 0 Å². The van der Waals surface area contributed by atoms with Gasteiger partial charge in [0.05, 0.1) is 48.7 Å². The number of phenolic OH excluding ortho intramolecular Hbond substituents is 2. The van der Waals surface area contributed by atoms with Gasteiger partial charge in [-0.15, -0.1) is 0 Å². The monoisotopic (exact) mass is 716 g/mol. The Morgan fingerprint density at radius 1 is 0.500 bits per heavy atom. The van der Waals surface area contributed by atoms with E-state index >= 15 is 0 Å². The molecule has 0 aliphatic rings. The van der Waals surface area contributed by atoms with Gasteiger partial charge in [0.1, 0.15) is 11.5 Å². The summed E-state index contributed by atoms with van der Waals surface area (Å²) in [7, 11) is 0.